The van der Waals surface area contributed by atoms with E-state index in [-0.39, 0.29) is 12.3 Å². The number of amides is 1. The van der Waals surface area contributed by atoms with Gasteiger partial charge >= 0.3 is 0 Å². The second-order valence-electron chi connectivity index (χ2n) is 5.54. The minimum Gasteiger partial charge on any atom is -0.494 e. The molecule has 0 unspecified atom stereocenters. The highest BCUT2D eigenvalue weighted by molar-refractivity contribution is 7.22. The number of hydrogen-bond donors (Lipinski definition) is 1. The average molecular weight is 356 g/mol. The quantitative estimate of drug-likeness (QED) is 0.681. The lowest BCUT2D eigenvalue weighted by Gasteiger charge is -2.07. The summed E-state index contributed by atoms with van der Waals surface area (Å²) in [7, 11) is 0. The zero-order valence-electron chi connectivity index (χ0n) is 14.2. The summed E-state index contributed by atoms with van der Waals surface area (Å²) in [5, 5.41) is 3.45. The number of aryl methyl sites for hydroxylation is 1. The summed E-state index contributed by atoms with van der Waals surface area (Å²) < 4.78 is 12.0. The first-order valence-electron chi connectivity index (χ1n) is 8.17. The molecule has 0 aliphatic heterocycles. The number of thiazole rings is 1. The van der Waals surface area contributed by atoms with Crippen LogP contribution in [0.3, 0.4) is 0 Å². The van der Waals surface area contributed by atoms with E-state index >= 15 is 0 Å². The maximum absolute atomic E-state index is 12.0. The predicted octanol–water partition coefficient (Wildman–Crippen LogP) is 4.41. The molecule has 6 heteroatoms. The van der Waals surface area contributed by atoms with Crippen LogP contribution in [0.4, 0.5) is 5.13 Å². The van der Waals surface area contributed by atoms with Crippen LogP contribution in [0, 0.1) is 6.92 Å². The van der Waals surface area contributed by atoms with Crippen LogP contribution < -0.4 is 14.8 Å². The molecular weight excluding hydrogens is 336 g/mol. The van der Waals surface area contributed by atoms with E-state index in [0.29, 0.717) is 24.1 Å². The van der Waals surface area contributed by atoms with Crippen molar-refractivity contribution in [3.05, 3.63) is 48.0 Å². The summed E-state index contributed by atoms with van der Waals surface area (Å²) in [6.07, 6.45) is 0.266. The molecule has 5 nitrogen and oxygen atoms in total. The number of fused-ring (bicyclic) bond motifs is 1. The molecular formula is C19H20N2O3S. The third-order valence-electron chi connectivity index (χ3n) is 3.52. The smallest absolute Gasteiger partial charge is 0.229 e. The number of ether oxygens (including phenoxy) is 2. The molecule has 130 valence electrons. The van der Waals surface area contributed by atoms with Crippen molar-refractivity contribution in [1.29, 1.82) is 0 Å². The van der Waals surface area contributed by atoms with Gasteiger partial charge in [0.1, 0.15) is 11.5 Å². The number of aromatic nitrogens is 1. The van der Waals surface area contributed by atoms with E-state index in [1.807, 2.05) is 50.2 Å². The van der Waals surface area contributed by atoms with E-state index in [1.54, 1.807) is 0 Å². The fourth-order valence-corrected chi connectivity index (χ4v) is 3.31. The first kappa shape index (κ1) is 17.2. The first-order valence-corrected chi connectivity index (χ1v) is 8.98. The van der Waals surface area contributed by atoms with E-state index < -0.39 is 0 Å². The second kappa shape index (κ2) is 7.98. The summed E-state index contributed by atoms with van der Waals surface area (Å²) in [6, 6.07) is 13.4. The minimum atomic E-state index is -0.110. The second-order valence-corrected chi connectivity index (χ2v) is 6.57. The fourth-order valence-electron chi connectivity index (χ4n) is 2.33. The van der Waals surface area contributed by atoms with Gasteiger partial charge in [-0.3, -0.25) is 4.79 Å². The number of nitrogens with zero attached hydrogens (tertiary/aromatic N) is 1. The molecule has 3 rings (SSSR count). The Bertz CT molecular complexity index is 859. The Labute approximate surface area is 150 Å². The Morgan fingerprint density at radius 1 is 1.12 bits per heavy atom. The highest BCUT2D eigenvalue weighted by atomic mass is 32.1. The standard InChI is InChI=1S/C19H20N2O3S/c1-3-23-14-5-7-15(8-6-14)24-11-10-18(22)21-19-20-16-9-4-13(2)12-17(16)25-19/h4-9,12H,3,10-11H2,1-2H3,(H,20,21,22). The molecule has 0 aliphatic carbocycles. The molecule has 0 fully saturated rings. The summed E-state index contributed by atoms with van der Waals surface area (Å²) in [5.41, 5.74) is 2.08. The van der Waals surface area contributed by atoms with E-state index in [2.05, 4.69) is 16.4 Å². The molecule has 0 bridgehead atoms. The molecule has 25 heavy (non-hydrogen) atoms. The van der Waals surface area contributed by atoms with Gasteiger partial charge < -0.3 is 14.8 Å². The Hall–Kier alpha value is -2.60. The number of hydrogen-bond acceptors (Lipinski definition) is 5. The first-order chi connectivity index (χ1) is 12.1. The third-order valence-corrected chi connectivity index (χ3v) is 4.46. The van der Waals surface area contributed by atoms with Crippen molar-refractivity contribution in [2.24, 2.45) is 0 Å². The van der Waals surface area contributed by atoms with Gasteiger partial charge in [0.05, 0.1) is 29.9 Å². The summed E-state index contributed by atoms with van der Waals surface area (Å²) >= 11 is 1.48. The summed E-state index contributed by atoms with van der Waals surface area (Å²) in [5.74, 6) is 1.41. The van der Waals surface area contributed by atoms with Crippen LogP contribution in [0.2, 0.25) is 0 Å². The number of rotatable bonds is 7. The van der Waals surface area contributed by atoms with Gasteiger partial charge in [-0.15, -0.1) is 0 Å². The molecule has 1 aromatic heterocycles. The van der Waals surface area contributed by atoms with Crippen LogP contribution in [0.1, 0.15) is 18.9 Å². The van der Waals surface area contributed by atoms with Crippen molar-refractivity contribution < 1.29 is 14.3 Å². The van der Waals surface area contributed by atoms with Crippen molar-refractivity contribution in [2.75, 3.05) is 18.5 Å². The summed E-state index contributed by atoms with van der Waals surface area (Å²) in [6.45, 7) is 4.92. The number of carbonyl (C=O) groups is 1. The van der Waals surface area contributed by atoms with Crippen LogP contribution >= 0.6 is 11.3 Å². The Kier molecular flexibility index (Phi) is 5.50. The Morgan fingerprint density at radius 3 is 2.56 bits per heavy atom. The zero-order valence-corrected chi connectivity index (χ0v) is 15.1. The topological polar surface area (TPSA) is 60.5 Å². The van der Waals surface area contributed by atoms with Crippen molar-refractivity contribution in [3.8, 4) is 11.5 Å². The largest absolute Gasteiger partial charge is 0.494 e. The number of nitrogens with one attached hydrogen (secondary N) is 1. The van der Waals surface area contributed by atoms with E-state index in [1.165, 1.54) is 16.9 Å². The van der Waals surface area contributed by atoms with Crippen LogP contribution in [0.15, 0.2) is 42.5 Å². The van der Waals surface area contributed by atoms with Gasteiger partial charge in [0, 0.05) is 0 Å². The molecule has 1 amide bonds. The maximum Gasteiger partial charge on any atom is 0.229 e. The molecule has 0 atom stereocenters. The lowest BCUT2D eigenvalue weighted by atomic mass is 10.2. The van der Waals surface area contributed by atoms with Crippen molar-refractivity contribution in [1.82, 2.24) is 4.98 Å². The van der Waals surface area contributed by atoms with Crippen molar-refractivity contribution in [3.63, 3.8) is 0 Å². The van der Waals surface area contributed by atoms with Gasteiger partial charge in [-0.25, -0.2) is 4.98 Å². The Morgan fingerprint density at radius 2 is 1.84 bits per heavy atom. The highest BCUT2D eigenvalue weighted by Gasteiger charge is 2.08. The van der Waals surface area contributed by atoms with E-state index in [0.717, 1.165) is 16.0 Å². The monoisotopic (exact) mass is 356 g/mol. The van der Waals surface area contributed by atoms with Gasteiger partial charge in [0.15, 0.2) is 5.13 Å². The molecule has 3 aromatic rings. The molecule has 1 heterocycles. The molecule has 0 saturated heterocycles. The minimum absolute atomic E-state index is 0.110. The van der Waals surface area contributed by atoms with Gasteiger partial charge in [-0.1, -0.05) is 17.4 Å². The molecule has 0 saturated carbocycles. The number of benzene rings is 2. The van der Waals surface area contributed by atoms with Gasteiger partial charge in [-0.05, 0) is 55.8 Å². The average Bonchev–Trinajstić information content (AvgIpc) is 2.98. The lowest BCUT2D eigenvalue weighted by Crippen LogP contribution is -2.15. The van der Waals surface area contributed by atoms with Crippen molar-refractivity contribution >= 4 is 32.6 Å². The number of anilines is 1. The fraction of sp³-hybridized carbons (Fsp3) is 0.263. The molecule has 0 aliphatic rings. The van der Waals surface area contributed by atoms with Gasteiger partial charge in [-0.2, -0.15) is 0 Å². The number of carbonyl (C=O) groups excluding carboxylic acids is 1. The molecule has 1 N–H and O–H groups in total. The van der Waals surface area contributed by atoms with Crippen LogP contribution in [0.25, 0.3) is 10.2 Å². The normalized spacial score (nSPS) is 10.6. The Balaban J connectivity index is 1.48. The van der Waals surface area contributed by atoms with Gasteiger partial charge in [0.25, 0.3) is 0 Å². The molecule has 0 radical (unpaired) electrons. The van der Waals surface area contributed by atoms with E-state index in [9.17, 15) is 4.79 Å². The third kappa shape index (κ3) is 4.70. The van der Waals surface area contributed by atoms with E-state index in [4.69, 9.17) is 9.47 Å². The summed E-state index contributed by atoms with van der Waals surface area (Å²) in [4.78, 5) is 16.5. The van der Waals surface area contributed by atoms with Crippen LogP contribution in [-0.4, -0.2) is 24.1 Å². The molecule has 2 aromatic carbocycles. The lowest BCUT2D eigenvalue weighted by molar-refractivity contribution is -0.116. The van der Waals surface area contributed by atoms with Crippen LogP contribution in [0.5, 0.6) is 11.5 Å². The highest BCUT2D eigenvalue weighted by Crippen LogP contribution is 2.26. The SMILES string of the molecule is CCOc1ccc(OCCC(=O)Nc2nc3ccc(C)cc3s2)cc1. The predicted molar refractivity (Wildman–Crippen MR) is 101 cm³/mol. The maximum atomic E-state index is 12.0. The van der Waals surface area contributed by atoms with Crippen LogP contribution in [-0.2, 0) is 4.79 Å². The zero-order chi connectivity index (χ0) is 17.6. The molecule has 0 spiro atoms. The van der Waals surface area contributed by atoms with Crippen molar-refractivity contribution in [2.45, 2.75) is 20.3 Å². The van der Waals surface area contributed by atoms with Gasteiger partial charge in [0.2, 0.25) is 5.91 Å².